The number of benzene rings is 5. The first kappa shape index (κ1) is 17.8. The molecule has 0 spiro atoms. The Morgan fingerprint density at radius 2 is 1.53 bits per heavy atom. The van der Waals surface area contributed by atoms with Crippen LogP contribution in [-0.2, 0) is 0 Å². The molecule has 30 heavy (non-hydrogen) atoms. The van der Waals surface area contributed by atoms with Crippen molar-refractivity contribution in [3.05, 3.63) is 100 Å². The summed E-state index contributed by atoms with van der Waals surface area (Å²) >= 11 is 0. The number of carbonyl (C=O) groups is 1. The van der Waals surface area contributed by atoms with Crippen molar-refractivity contribution in [2.45, 2.75) is 0 Å². The Hall–Kier alpha value is -4.25. The lowest BCUT2D eigenvalue weighted by molar-refractivity contribution is -0.384. The molecule has 5 heteroatoms. The van der Waals surface area contributed by atoms with E-state index in [-0.39, 0.29) is 17.0 Å². The highest BCUT2D eigenvalue weighted by Gasteiger charge is 2.15. The van der Waals surface area contributed by atoms with Gasteiger partial charge in [-0.15, -0.1) is 0 Å². The van der Waals surface area contributed by atoms with Gasteiger partial charge >= 0.3 is 0 Å². The van der Waals surface area contributed by atoms with E-state index in [2.05, 4.69) is 30.3 Å². The summed E-state index contributed by atoms with van der Waals surface area (Å²) in [5.41, 5.74) is 0.518. The predicted octanol–water partition coefficient (Wildman–Crippen LogP) is 6.09. The van der Waals surface area contributed by atoms with Crippen molar-refractivity contribution < 1.29 is 14.8 Å². The van der Waals surface area contributed by atoms with Crippen molar-refractivity contribution in [3.63, 3.8) is 0 Å². The molecule has 5 nitrogen and oxygen atoms in total. The number of nitro groups is 1. The highest BCUT2D eigenvalue weighted by molar-refractivity contribution is 6.24. The van der Waals surface area contributed by atoms with Crippen LogP contribution in [0.4, 0.5) is 5.69 Å². The second kappa shape index (κ2) is 6.67. The normalized spacial score (nSPS) is 11.7. The molecule has 0 bridgehead atoms. The predicted molar refractivity (Wildman–Crippen MR) is 118 cm³/mol. The number of phenolic OH excluding ortho intramolecular Hbond substituents is 1. The number of non-ortho nitro benzene ring substituents is 1. The van der Waals surface area contributed by atoms with Crippen LogP contribution in [0.15, 0.2) is 78.9 Å². The van der Waals surface area contributed by atoms with Gasteiger partial charge in [0.2, 0.25) is 0 Å². The zero-order valence-electron chi connectivity index (χ0n) is 15.7. The topological polar surface area (TPSA) is 80.4 Å². The lowest BCUT2D eigenvalue weighted by Crippen LogP contribution is -1.97. The van der Waals surface area contributed by atoms with Gasteiger partial charge in [0, 0.05) is 12.1 Å². The molecular formula is C25H15NO4. The molecule has 0 saturated carbocycles. The average Bonchev–Trinajstić information content (AvgIpc) is 2.76. The van der Waals surface area contributed by atoms with E-state index in [0.717, 1.165) is 50.7 Å². The van der Waals surface area contributed by atoms with Crippen LogP contribution in [0.25, 0.3) is 38.4 Å². The summed E-state index contributed by atoms with van der Waals surface area (Å²) in [5.74, 6) is -0.785. The van der Waals surface area contributed by atoms with E-state index in [1.165, 1.54) is 11.5 Å². The minimum atomic E-state index is -0.596. The first-order valence-electron chi connectivity index (χ1n) is 9.39. The number of hydrogen-bond donors (Lipinski definition) is 1. The highest BCUT2D eigenvalue weighted by atomic mass is 16.6. The molecular weight excluding hydrogens is 378 g/mol. The van der Waals surface area contributed by atoms with Crippen molar-refractivity contribution in [3.8, 4) is 5.75 Å². The third kappa shape index (κ3) is 2.76. The zero-order chi connectivity index (χ0) is 20.8. The summed E-state index contributed by atoms with van der Waals surface area (Å²) in [4.78, 5) is 23.0. The molecule has 0 saturated heterocycles. The molecule has 5 aromatic rings. The molecule has 0 aliphatic carbocycles. The Labute approximate surface area is 171 Å². The monoisotopic (exact) mass is 393 g/mol. The molecule has 0 unspecified atom stereocenters. The fraction of sp³-hybridized carbons (Fsp3) is 0. The van der Waals surface area contributed by atoms with Crippen LogP contribution in [0.3, 0.4) is 0 Å². The third-order valence-corrected chi connectivity index (χ3v) is 5.43. The number of allylic oxidation sites excluding steroid dienone is 1. The second-order valence-corrected chi connectivity index (χ2v) is 7.17. The number of phenols is 1. The number of nitro benzene ring substituents is 1. The van der Waals surface area contributed by atoms with Crippen molar-refractivity contribution >= 4 is 49.9 Å². The number of carbonyl (C=O) groups excluding carboxylic acids is 1. The molecule has 0 radical (unpaired) electrons. The molecule has 144 valence electrons. The van der Waals surface area contributed by atoms with E-state index in [0.29, 0.717) is 0 Å². The van der Waals surface area contributed by atoms with E-state index in [9.17, 15) is 20.0 Å². The summed E-state index contributed by atoms with van der Waals surface area (Å²) in [7, 11) is 0. The Bertz CT molecular complexity index is 1480. The number of hydrogen-bond acceptors (Lipinski definition) is 4. The SMILES string of the molecule is O=C(/C=C/c1ccc2ccc3cccc4ccc1c2c34)c1cc([N+](=O)[O-])ccc1O. The van der Waals surface area contributed by atoms with Crippen LogP contribution in [-0.4, -0.2) is 15.8 Å². The second-order valence-electron chi connectivity index (χ2n) is 7.17. The smallest absolute Gasteiger partial charge is 0.270 e. The molecule has 0 amide bonds. The molecule has 1 N–H and O–H groups in total. The van der Waals surface area contributed by atoms with Crippen LogP contribution in [0, 0.1) is 10.1 Å². The van der Waals surface area contributed by atoms with E-state index in [1.54, 1.807) is 6.08 Å². The number of aromatic hydroxyl groups is 1. The Morgan fingerprint density at radius 3 is 2.27 bits per heavy atom. The molecule has 5 aromatic carbocycles. The summed E-state index contributed by atoms with van der Waals surface area (Å²) in [6.07, 6.45) is 3.03. The van der Waals surface area contributed by atoms with E-state index < -0.39 is 10.7 Å². The number of nitrogens with zero attached hydrogens (tertiary/aromatic N) is 1. The summed E-state index contributed by atoms with van der Waals surface area (Å²) in [6, 6.07) is 21.9. The molecule has 0 heterocycles. The zero-order valence-corrected chi connectivity index (χ0v) is 15.7. The Kier molecular flexibility index (Phi) is 3.96. The summed E-state index contributed by atoms with van der Waals surface area (Å²) in [6.45, 7) is 0. The maximum absolute atomic E-state index is 12.6. The quantitative estimate of drug-likeness (QED) is 0.132. The van der Waals surface area contributed by atoms with Crippen molar-refractivity contribution in [1.29, 1.82) is 0 Å². The molecule has 5 rings (SSSR count). The lowest BCUT2D eigenvalue weighted by atomic mass is 9.92. The maximum atomic E-state index is 12.6. The third-order valence-electron chi connectivity index (χ3n) is 5.43. The molecule has 0 atom stereocenters. The van der Waals surface area contributed by atoms with E-state index in [1.807, 2.05) is 24.3 Å². The first-order chi connectivity index (χ1) is 14.5. The number of ketones is 1. The number of rotatable bonds is 4. The maximum Gasteiger partial charge on any atom is 0.270 e. The average molecular weight is 393 g/mol. The largest absolute Gasteiger partial charge is 0.507 e. The minimum Gasteiger partial charge on any atom is -0.507 e. The van der Waals surface area contributed by atoms with Gasteiger partial charge in [-0.1, -0.05) is 60.7 Å². The minimum absolute atomic E-state index is 0.0989. The van der Waals surface area contributed by atoms with Crippen LogP contribution in [0.5, 0.6) is 5.75 Å². The fourth-order valence-corrected chi connectivity index (χ4v) is 3.99. The standard InChI is InChI=1S/C25H15NO4/c27-22(21-14-19(26(29)30)10-13-23(21)28)12-9-15-4-5-18-7-6-16-2-1-3-17-8-11-20(15)25(18)24(16)17/h1-14,28H/b12-9+. The van der Waals surface area contributed by atoms with Gasteiger partial charge in [-0.3, -0.25) is 14.9 Å². The van der Waals surface area contributed by atoms with Gasteiger partial charge < -0.3 is 5.11 Å². The van der Waals surface area contributed by atoms with E-state index in [4.69, 9.17) is 0 Å². The van der Waals surface area contributed by atoms with Crippen LogP contribution in [0.1, 0.15) is 15.9 Å². The summed E-state index contributed by atoms with van der Waals surface area (Å²) in [5, 5.41) is 27.7. The lowest BCUT2D eigenvalue weighted by Gasteiger charge is -2.12. The Balaban J connectivity index is 1.62. The van der Waals surface area contributed by atoms with Gasteiger partial charge in [0.1, 0.15) is 5.75 Å². The van der Waals surface area contributed by atoms with Crippen molar-refractivity contribution in [2.75, 3.05) is 0 Å². The first-order valence-corrected chi connectivity index (χ1v) is 9.39. The van der Waals surface area contributed by atoms with Crippen molar-refractivity contribution in [2.24, 2.45) is 0 Å². The highest BCUT2D eigenvalue weighted by Crippen LogP contribution is 2.36. The molecule has 0 aliphatic rings. The summed E-state index contributed by atoms with van der Waals surface area (Å²) < 4.78 is 0. The van der Waals surface area contributed by atoms with Gasteiger partial charge in [-0.2, -0.15) is 0 Å². The molecule has 0 fully saturated rings. The van der Waals surface area contributed by atoms with E-state index >= 15 is 0 Å². The Morgan fingerprint density at radius 1 is 0.867 bits per heavy atom. The fourth-order valence-electron chi connectivity index (χ4n) is 3.99. The van der Waals surface area contributed by atoms with Crippen LogP contribution in [0.2, 0.25) is 0 Å². The van der Waals surface area contributed by atoms with Gasteiger partial charge in [-0.25, -0.2) is 0 Å². The van der Waals surface area contributed by atoms with Gasteiger partial charge in [0.25, 0.3) is 5.69 Å². The molecule has 0 aromatic heterocycles. The van der Waals surface area contributed by atoms with Crippen LogP contribution < -0.4 is 0 Å². The molecule has 0 aliphatic heterocycles. The van der Waals surface area contributed by atoms with Gasteiger partial charge in [-0.05, 0) is 50.0 Å². The van der Waals surface area contributed by atoms with Gasteiger partial charge in [0.15, 0.2) is 5.78 Å². The van der Waals surface area contributed by atoms with Crippen LogP contribution >= 0.6 is 0 Å². The van der Waals surface area contributed by atoms with Crippen molar-refractivity contribution in [1.82, 2.24) is 0 Å². The van der Waals surface area contributed by atoms with Gasteiger partial charge in [0.05, 0.1) is 10.5 Å².